The number of halogens is 1. The number of amides is 2. The van der Waals surface area contributed by atoms with Crippen molar-refractivity contribution in [1.82, 2.24) is 14.8 Å². The zero-order valence-corrected chi connectivity index (χ0v) is 15.1. The highest BCUT2D eigenvalue weighted by atomic mass is 19.1. The van der Waals surface area contributed by atoms with Crippen LogP contribution in [-0.4, -0.2) is 52.3 Å². The third kappa shape index (κ3) is 3.70. The van der Waals surface area contributed by atoms with Crippen molar-refractivity contribution in [2.75, 3.05) is 19.6 Å². The Morgan fingerprint density at radius 3 is 2.63 bits per heavy atom. The van der Waals surface area contributed by atoms with Gasteiger partial charge in [0.15, 0.2) is 0 Å². The summed E-state index contributed by atoms with van der Waals surface area (Å²) < 4.78 is 13.9. The normalized spacial score (nSPS) is 21.8. The molecule has 0 radical (unpaired) electrons. The summed E-state index contributed by atoms with van der Waals surface area (Å²) >= 11 is 0. The van der Waals surface area contributed by atoms with Crippen LogP contribution in [0.25, 0.3) is 0 Å². The number of pyridine rings is 1. The Labute approximate surface area is 157 Å². The molecule has 0 unspecified atom stereocenters. The molecule has 3 aliphatic rings. The number of piperidine rings is 1. The molecule has 0 aliphatic carbocycles. The van der Waals surface area contributed by atoms with Crippen LogP contribution in [0.1, 0.15) is 28.9 Å². The highest BCUT2D eigenvalue weighted by molar-refractivity contribution is 5.92. The van der Waals surface area contributed by atoms with Gasteiger partial charge in [0.25, 0.3) is 5.91 Å². The Kier molecular flexibility index (Phi) is 4.88. The van der Waals surface area contributed by atoms with Crippen LogP contribution >= 0.6 is 0 Å². The van der Waals surface area contributed by atoms with Crippen molar-refractivity contribution in [2.45, 2.75) is 25.3 Å². The van der Waals surface area contributed by atoms with Crippen LogP contribution in [0.4, 0.5) is 4.39 Å². The standard InChI is InChI=1S/C21H22FN3O2/c22-18-6-2-1-5-16(18)11-20(26)25-13-15-8-9-17(25)14-24(12-15)21(27)19-7-3-4-10-23-19/h1-7,10,15,17H,8-9,11-14H2/t15-,17+/m1/s1. The fourth-order valence-electron chi connectivity index (χ4n) is 4.11. The smallest absolute Gasteiger partial charge is 0.272 e. The number of hydrogen-bond acceptors (Lipinski definition) is 3. The molecule has 1 aromatic carbocycles. The summed E-state index contributed by atoms with van der Waals surface area (Å²) in [6, 6.07) is 11.7. The fraction of sp³-hybridized carbons (Fsp3) is 0.381. The lowest BCUT2D eigenvalue weighted by Gasteiger charge is -2.36. The van der Waals surface area contributed by atoms with Gasteiger partial charge in [0.2, 0.25) is 5.91 Å². The summed E-state index contributed by atoms with van der Waals surface area (Å²) in [5, 5.41) is 0. The number of nitrogens with zero attached hydrogens (tertiary/aromatic N) is 3. The van der Waals surface area contributed by atoms with Gasteiger partial charge < -0.3 is 9.80 Å². The molecule has 5 nitrogen and oxygen atoms in total. The first-order valence-electron chi connectivity index (χ1n) is 9.35. The minimum Gasteiger partial charge on any atom is -0.337 e. The second-order valence-electron chi connectivity index (χ2n) is 7.34. The van der Waals surface area contributed by atoms with Gasteiger partial charge in [0.1, 0.15) is 11.5 Å². The number of fused-ring (bicyclic) bond motifs is 4. The van der Waals surface area contributed by atoms with Crippen molar-refractivity contribution in [2.24, 2.45) is 5.92 Å². The van der Waals surface area contributed by atoms with Crippen molar-refractivity contribution in [1.29, 1.82) is 0 Å². The number of hydrogen-bond donors (Lipinski definition) is 0. The van der Waals surface area contributed by atoms with Gasteiger partial charge >= 0.3 is 0 Å². The Morgan fingerprint density at radius 1 is 1.04 bits per heavy atom. The van der Waals surface area contributed by atoms with E-state index in [-0.39, 0.29) is 36.0 Å². The molecule has 0 saturated carbocycles. The molecule has 2 atom stereocenters. The maximum Gasteiger partial charge on any atom is 0.272 e. The minimum atomic E-state index is -0.349. The molecular weight excluding hydrogens is 345 g/mol. The van der Waals surface area contributed by atoms with Gasteiger partial charge in [-0.3, -0.25) is 14.6 Å². The van der Waals surface area contributed by atoms with E-state index in [1.807, 2.05) is 9.80 Å². The SMILES string of the molecule is O=C(c1ccccn1)N1C[C@H]2CC[C@@H](C1)N(C(=O)Cc1ccccc1F)C2. The second kappa shape index (κ2) is 7.47. The predicted molar refractivity (Wildman–Crippen MR) is 98.5 cm³/mol. The number of benzene rings is 1. The summed E-state index contributed by atoms with van der Waals surface area (Å²) in [7, 11) is 0. The molecule has 5 rings (SSSR count). The Hall–Kier alpha value is -2.76. The predicted octanol–water partition coefficient (Wildman–Crippen LogP) is 2.53. The Morgan fingerprint density at radius 2 is 1.85 bits per heavy atom. The van der Waals surface area contributed by atoms with Crippen LogP contribution in [0.5, 0.6) is 0 Å². The zero-order chi connectivity index (χ0) is 18.8. The molecule has 0 N–H and O–H groups in total. The van der Waals surface area contributed by atoms with Crippen molar-refractivity contribution in [3.63, 3.8) is 0 Å². The van der Waals surface area contributed by atoms with Crippen LogP contribution < -0.4 is 0 Å². The largest absolute Gasteiger partial charge is 0.337 e. The van der Waals surface area contributed by atoms with E-state index in [4.69, 9.17) is 0 Å². The van der Waals surface area contributed by atoms with Gasteiger partial charge in [0, 0.05) is 31.9 Å². The van der Waals surface area contributed by atoms with E-state index in [2.05, 4.69) is 4.98 Å². The topological polar surface area (TPSA) is 53.5 Å². The summed E-state index contributed by atoms with van der Waals surface area (Å²) in [6.45, 7) is 1.77. The van der Waals surface area contributed by atoms with E-state index in [0.29, 0.717) is 30.9 Å². The molecular formula is C21H22FN3O2. The van der Waals surface area contributed by atoms with E-state index in [1.165, 1.54) is 6.07 Å². The fourth-order valence-corrected chi connectivity index (χ4v) is 4.11. The van der Waals surface area contributed by atoms with Crippen LogP contribution in [0.2, 0.25) is 0 Å². The summed E-state index contributed by atoms with van der Waals surface area (Å²) in [5.74, 6) is -0.253. The van der Waals surface area contributed by atoms with Gasteiger partial charge in [-0.2, -0.15) is 0 Å². The van der Waals surface area contributed by atoms with Crippen molar-refractivity contribution >= 4 is 11.8 Å². The van der Waals surface area contributed by atoms with Gasteiger partial charge in [-0.25, -0.2) is 4.39 Å². The lowest BCUT2D eigenvalue weighted by molar-refractivity contribution is -0.134. The van der Waals surface area contributed by atoms with Crippen molar-refractivity contribution in [3.8, 4) is 0 Å². The lowest BCUT2D eigenvalue weighted by Crippen LogP contribution is -2.48. The first-order chi connectivity index (χ1) is 13.1. The van der Waals surface area contributed by atoms with Gasteiger partial charge in [-0.1, -0.05) is 24.3 Å². The molecule has 27 heavy (non-hydrogen) atoms. The van der Waals surface area contributed by atoms with E-state index in [0.717, 1.165) is 12.8 Å². The number of aromatic nitrogens is 1. The molecule has 2 aromatic rings. The molecule has 3 saturated heterocycles. The number of rotatable bonds is 3. The molecule has 3 fully saturated rings. The first kappa shape index (κ1) is 17.6. The average molecular weight is 367 g/mol. The molecule has 2 bridgehead atoms. The van der Waals surface area contributed by atoms with Crippen LogP contribution in [0.3, 0.4) is 0 Å². The molecule has 0 spiro atoms. The average Bonchev–Trinajstić information content (AvgIpc) is 3.02. The lowest BCUT2D eigenvalue weighted by atomic mass is 9.94. The summed E-state index contributed by atoms with van der Waals surface area (Å²) in [5.41, 5.74) is 0.854. The van der Waals surface area contributed by atoms with Gasteiger partial charge in [-0.15, -0.1) is 0 Å². The highest BCUT2D eigenvalue weighted by Crippen LogP contribution is 2.29. The first-order valence-corrected chi connectivity index (χ1v) is 9.35. The van der Waals surface area contributed by atoms with Gasteiger partial charge in [0.05, 0.1) is 6.42 Å². The van der Waals surface area contributed by atoms with E-state index >= 15 is 0 Å². The monoisotopic (exact) mass is 367 g/mol. The van der Waals surface area contributed by atoms with E-state index in [1.54, 1.807) is 42.6 Å². The maximum atomic E-state index is 13.9. The molecule has 1 aromatic heterocycles. The minimum absolute atomic E-state index is 0.0179. The third-order valence-corrected chi connectivity index (χ3v) is 5.50. The molecule has 3 aliphatic heterocycles. The molecule has 6 heteroatoms. The maximum absolute atomic E-state index is 13.9. The van der Waals surface area contributed by atoms with Crippen LogP contribution in [-0.2, 0) is 11.2 Å². The molecule has 4 heterocycles. The number of carbonyl (C=O) groups is 2. The summed E-state index contributed by atoms with van der Waals surface area (Å²) in [6.07, 6.45) is 3.55. The van der Waals surface area contributed by atoms with E-state index in [9.17, 15) is 14.0 Å². The quantitative estimate of drug-likeness (QED) is 0.838. The molecule has 140 valence electrons. The van der Waals surface area contributed by atoms with Crippen molar-refractivity contribution < 1.29 is 14.0 Å². The second-order valence-corrected chi connectivity index (χ2v) is 7.34. The Balaban J connectivity index is 1.49. The third-order valence-electron chi connectivity index (χ3n) is 5.50. The van der Waals surface area contributed by atoms with Gasteiger partial charge in [-0.05, 0) is 42.5 Å². The summed E-state index contributed by atoms with van der Waals surface area (Å²) in [4.78, 5) is 33.5. The molecule has 2 amide bonds. The zero-order valence-electron chi connectivity index (χ0n) is 15.1. The Bertz CT molecular complexity index is 842. The van der Waals surface area contributed by atoms with E-state index < -0.39 is 0 Å². The van der Waals surface area contributed by atoms with Crippen molar-refractivity contribution in [3.05, 3.63) is 65.7 Å². The number of carbonyl (C=O) groups excluding carboxylic acids is 2. The highest BCUT2D eigenvalue weighted by Gasteiger charge is 2.38. The van der Waals surface area contributed by atoms with Crippen LogP contribution in [0.15, 0.2) is 48.7 Å². The van der Waals surface area contributed by atoms with Crippen LogP contribution in [0, 0.1) is 11.7 Å².